The van der Waals surface area contributed by atoms with Crippen molar-refractivity contribution in [2.75, 3.05) is 0 Å². The monoisotopic (exact) mass is 210 g/mol. The summed E-state index contributed by atoms with van der Waals surface area (Å²) in [7, 11) is 1.88. The van der Waals surface area contributed by atoms with Gasteiger partial charge in [-0.15, -0.1) is 0 Å². The zero-order valence-corrected chi connectivity index (χ0v) is 10.4. The molecular formula is C12H22N2O. The van der Waals surface area contributed by atoms with Crippen LogP contribution in [0.5, 0.6) is 0 Å². The van der Waals surface area contributed by atoms with Crippen LogP contribution >= 0.6 is 0 Å². The van der Waals surface area contributed by atoms with Gasteiger partial charge in [0.25, 0.3) is 0 Å². The summed E-state index contributed by atoms with van der Waals surface area (Å²) in [4.78, 5) is 0. The first-order valence-electron chi connectivity index (χ1n) is 5.48. The van der Waals surface area contributed by atoms with Crippen LogP contribution in [0.2, 0.25) is 0 Å². The maximum absolute atomic E-state index is 10.0. The molecule has 0 aliphatic carbocycles. The lowest BCUT2D eigenvalue weighted by Crippen LogP contribution is -2.08. The molecule has 86 valence electrons. The first-order valence-corrected chi connectivity index (χ1v) is 5.48. The van der Waals surface area contributed by atoms with Crippen molar-refractivity contribution in [3.05, 3.63) is 17.5 Å². The van der Waals surface area contributed by atoms with Crippen molar-refractivity contribution in [2.24, 2.45) is 12.5 Å². The first kappa shape index (κ1) is 12.2. The molecule has 1 aromatic heterocycles. The number of hydrogen-bond donors (Lipinski definition) is 1. The van der Waals surface area contributed by atoms with E-state index < -0.39 is 0 Å². The van der Waals surface area contributed by atoms with Gasteiger partial charge in [0.05, 0.1) is 11.8 Å². The van der Waals surface area contributed by atoms with Gasteiger partial charge in [0, 0.05) is 18.8 Å². The predicted molar refractivity (Wildman–Crippen MR) is 61.6 cm³/mol. The Morgan fingerprint density at radius 2 is 2.07 bits per heavy atom. The van der Waals surface area contributed by atoms with Crippen LogP contribution in [0.15, 0.2) is 6.20 Å². The van der Waals surface area contributed by atoms with E-state index >= 15 is 0 Å². The van der Waals surface area contributed by atoms with E-state index in [1.165, 1.54) is 0 Å². The minimum Gasteiger partial charge on any atom is -0.388 e. The molecule has 15 heavy (non-hydrogen) atoms. The third kappa shape index (κ3) is 3.67. The van der Waals surface area contributed by atoms with E-state index in [4.69, 9.17) is 0 Å². The molecule has 0 aliphatic rings. The summed E-state index contributed by atoms with van der Waals surface area (Å²) in [5.41, 5.74) is 2.16. The van der Waals surface area contributed by atoms with Crippen LogP contribution < -0.4 is 0 Å². The molecular weight excluding hydrogens is 188 g/mol. The smallest absolute Gasteiger partial charge is 0.0823 e. The molecule has 0 bridgehead atoms. The number of aryl methyl sites for hydroxylation is 2. The van der Waals surface area contributed by atoms with Crippen LogP contribution in [0, 0.1) is 12.3 Å². The molecule has 1 unspecified atom stereocenters. The van der Waals surface area contributed by atoms with Crippen molar-refractivity contribution in [3.8, 4) is 0 Å². The lowest BCUT2D eigenvalue weighted by atomic mass is 9.88. The molecule has 0 saturated heterocycles. The van der Waals surface area contributed by atoms with Crippen LogP contribution in [-0.4, -0.2) is 14.9 Å². The number of aromatic nitrogens is 2. The molecule has 0 radical (unpaired) electrons. The van der Waals surface area contributed by atoms with Crippen LogP contribution in [0.1, 0.15) is 51.0 Å². The Bertz CT molecular complexity index is 323. The SMILES string of the molecule is Cc1nn(C)cc1C(O)CCC(C)(C)C. The van der Waals surface area contributed by atoms with E-state index in [0.717, 1.165) is 24.1 Å². The molecule has 1 N–H and O–H groups in total. The first-order chi connectivity index (χ1) is 6.79. The quantitative estimate of drug-likeness (QED) is 0.832. The molecule has 0 spiro atoms. The fraction of sp³-hybridized carbons (Fsp3) is 0.750. The molecule has 0 amide bonds. The van der Waals surface area contributed by atoms with E-state index in [2.05, 4.69) is 25.9 Å². The second-order valence-corrected chi connectivity index (χ2v) is 5.46. The summed E-state index contributed by atoms with van der Waals surface area (Å²) >= 11 is 0. The highest BCUT2D eigenvalue weighted by atomic mass is 16.3. The van der Waals surface area contributed by atoms with E-state index in [1.807, 2.05) is 20.2 Å². The summed E-state index contributed by atoms with van der Waals surface area (Å²) in [6.45, 7) is 8.51. The van der Waals surface area contributed by atoms with Gasteiger partial charge in [-0.3, -0.25) is 4.68 Å². The molecule has 0 fully saturated rings. The molecule has 1 atom stereocenters. The second-order valence-electron chi connectivity index (χ2n) is 5.46. The third-order valence-corrected chi connectivity index (χ3v) is 2.58. The van der Waals surface area contributed by atoms with Crippen molar-refractivity contribution in [1.29, 1.82) is 0 Å². The molecule has 1 heterocycles. The molecule has 3 nitrogen and oxygen atoms in total. The minimum absolute atomic E-state index is 0.275. The molecule has 3 heteroatoms. The van der Waals surface area contributed by atoms with E-state index in [1.54, 1.807) is 4.68 Å². The molecule has 1 rings (SSSR count). The number of rotatable bonds is 3. The molecule has 0 aliphatic heterocycles. The predicted octanol–water partition coefficient (Wildman–Crippen LogP) is 2.59. The van der Waals surface area contributed by atoms with Crippen molar-refractivity contribution in [2.45, 2.75) is 46.6 Å². The largest absolute Gasteiger partial charge is 0.388 e. The Morgan fingerprint density at radius 1 is 1.47 bits per heavy atom. The van der Waals surface area contributed by atoms with Crippen molar-refractivity contribution in [3.63, 3.8) is 0 Å². The van der Waals surface area contributed by atoms with Gasteiger partial charge in [-0.2, -0.15) is 5.10 Å². The van der Waals surface area contributed by atoms with E-state index in [-0.39, 0.29) is 11.5 Å². The van der Waals surface area contributed by atoms with Gasteiger partial charge < -0.3 is 5.11 Å². The van der Waals surface area contributed by atoms with Gasteiger partial charge in [-0.1, -0.05) is 20.8 Å². The standard InChI is InChI=1S/C12H22N2O/c1-9-10(8-14(5)13-9)11(15)6-7-12(2,3)4/h8,11,15H,6-7H2,1-5H3. The maximum atomic E-state index is 10.0. The normalized spacial score (nSPS) is 14.3. The van der Waals surface area contributed by atoms with Crippen LogP contribution in [0.4, 0.5) is 0 Å². The van der Waals surface area contributed by atoms with Crippen molar-refractivity contribution in [1.82, 2.24) is 9.78 Å². The van der Waals surface area contributed by atoms with Crippen LogP contribution in [0.3, 0.4) is 0 Å². The number of nitrogens with zero attached hydrogens (tertiary/aromatic N) is 2. The Hall–Kier alpha value is -0.830. The van der Waals surface area contributed by atoms with Gasteiger partial charge in [0.1, 0.15) is 0 Å². The number of aliphatic hydroxyl groups is 1. The average Bonchev–Trinajstić information content (AvgIpc) is 2.40. The third-order valence-electron chi connectivity index (χ3n) is 2.58. The Kier molecular flexibility index (Phi) is 3.55. The fourth-order valence-corrected chi connectivity index (χ4v) is 1.67. The summed E-state index contributed by atoms with van der Waals surface area (Å²) in [6.07, 6.45) is 3.35. The average molecular weight is 210 g/mol. The molecule has 1 aromatic rings. The summed E-state index contributed by atoms with van der Waals surface area (Å²) in [6, 6.07) is 0. The number of aliphatic hydroxyl groups excluding tert-OH is 1. The second kappa shape index (κ2) is 4.35. The topological polar surface area (TPSA) is 38.0 Å². The Labute approximate surface area is 92.1 Å². The lowest BCUT2D eigenvalue weighted by molar-refractivity contribution is 0.147. The van der Waals surface area contributed by atoms with Crippen molar-refractivity contribution >= 4 is 0 Å². The lowest BCUT2D eigenvalue weighted by Gasteiger charge is -2.20. The maximum Gasteiger partial charge on any atom is 0.0823 e. The molecule has 0 saturated carbocycles. The van der Waals surface area contributed by atoms with Gasteiger partial charge in [0.15, 0.2) is 0 Å². The van der Waals surface area contributed by atoms with E-state index in [0.29, 0.717) is 0 Å². The summed E-state index contributed by atoms with van der Waals surface area (Å²) < 4.78 is 1.75. The minimum atomic E-state index is -0.377. The highest BCUT2D eigenvalue weighted by Gasteiger charge is 2.17. The molecule has 0 aromatic carbocycles. The van der Waals surface area contributed by atoms with Gasteiger partial charge in [-0.05, 0) is 25.2 Å². The van der Waals surface area contributed by atoms with Gasteiger partial charge >= 0.3 is 0 Å². The highest BCUT2D eigenvalue weighted by molar-refractivity contribution is 5.18. The Morgan fingerprint density at radius 3 is 2.47 bits per heavy atom. The van der Waals surface area contributed by atoms with Crippen LogP contribution in [-0.2, 0) is 7.05 Å². The fourth-order valence-electron chi connectivity index (χ4n) is 1.67. The Balaban J connectivity index is 2.61. The zero-order valence-electron chi connectivity index (χ0n) is 10.4. The summed E-state index contributed by atoms with van der Waals surface area (Å²) in [5.74, 6) is 0. The van der Waals surface area contributed by atoms with Gasteiger partial charge in [-0.25, -0.2) is 0 Å². The zero-order chi connectivity index (χ0) is 11.6. The summed E-state index contributed by atoms with van der Waals surface area (Å²) in [5, 5.41) is 14.3. The highest BCUT2D eigenvalue weighted by Crippen LogP contribution is 2.28. The van der Waals surface area contributed by atoms with Crippen LogP contribution in [0.25, 0.3) is 0 Å². The number of hydrogen-bond acceptors (Lipinski definition) is 2. The van der Waals surface area contributed by atoms with E-state index in [9.17, 15) is 5.11 Å². The van der Waals surface area contributed by atoms with Crippen molar-refractivity contribution < 1.29 is 5.11 Å². The van der Waals surface area contributed by atoms with Gasteiger partial charge in [0.2, 0.25) is 0 Å².